The van der Waals surface area contributed by atoms with Gasteiger partial charge in [0.1, 0.15) is 17.3 Å². The van der Waals surface area contributed by atoms with E-state index in [2.05, 4.69) is 20.2 Å². The maximum absolute atomic E-state index is 12.9. The minimum Gasteiger partial charge on any atom is -0.495 e. The van der Waals surface area contributed by atoms with Crippen LogP contribution in [0.15, 0.2) is 48.0 Å². The van der Waals surface area contributed by atoms with E-state index in [4.69, 9.17) is 4.74 Å². The van der Waals surface area contributed by atoms with Crippen LogP contribution in [0.5, 0.6) is 5.75 Å². The molecule has 1 fully saturated rings. The molecule has 2 aromatic heterocycles. The number of rotatable bonds is 5. The van der Waals surface area contributed by atoms with E-state index in [0.717, 1.165) is 35.9 Å². The average molecular weight is 410 g/mol. The molecule has 0 bridgehead atoms. The summed E-state index contributed by atoms with van der Waals surface area (Å²) < 4.78 is 5.40. The highest BCUT2D eigenvalue weighted by molar-refractivity contribution is 7.14. The Bertz CT molecular complexity index is 984. The molecule has 1 amide bonds. The third-order valence-corrected chi connectivity index (χ3v) is 5.62. The van der Waals surface area contributed by atoms with Gasteiger partial charge < -0.3 is 19.9 Å². The van der Waals surface area contributed by atoms with Crippen LogP contribution in [0, 0.1) is 6.92 Å². The molecule has 3 heterocycles. The lowest BCUT2D eigenvalue weighted by atomic mass is 10.2. The van der Waals surface area contributed by atoms with E-state index in [1.54, 1.807) is 18.7 Å². The Labute approximate surface area is 174 Å². The Balaban J connectivity index is 1.40. The van der Waals surface area contributed by atoms with Gasteiger partial charge in [-0.3, -0.25) is 4.79 Å². The number of carbonyl (C=O) groups is 1. The van der Waals surface area contributed by atoms with Gasteiger partial charge in [-0.1, -0.05) is 12.1 Å². The third-order valence-electron chi connectivity index (χ3n) is 4.86. The second kappa shape index (κ2) is 8.48. The van der Waals surface area contributed by atoms with Gasteiger partial charge in [-0.25, -0.2) is 9.97 Å². The summed E-state index contributed by atoms with van der Waals surface area (Å²) in [4.78, 5) is 25.8. The highest BCUT2D eigenvalue weighted by atomic mass is 32.1. The summed E-state index contributed by atoms with van der Waals surface area (Å²) in [6, 6.07) is 11.8. The van der Waals surface area contributed by atoms with Crippen LogP contribution in [0.1, 0.15) is 16.1 Å². The summed E-state index contributed by atoms with van der Waals surface area (Å²) in [6.07, 6.45) is 1.79. The van der Waals surface area contributed by atoms with Crippen LogP contribution in [0.3, 0.4) is 0 Å². The molecule has 8 heteroatoms. The maximum atomic E-state index is 12.9. The molecule has 0 spiro atoms. The normalized spacial score (nSPS) is 14.0. The summed E-state index contributed by atoms with van der Waals surface area (Å²) in [5, 5.41) is 5.74. The number of nitrogens with one attached hydrogen (secondary N) is 1. The molecule has 1 N–H and O–H groups in total. The van der Waals surface area contributed by atoms with Gasteiger partial charge in [0.15, 0.2) is 5.13 Å². The number of nitrogens with zero attached hydrogens (tertiary/aromatic N) is 4. The Kier molecular flexibility index (Phi) is 5.62. The first-order valence-corrected chi connectivity index (χ1v) is 10.3. The number of aromatic nitrogens is 2. The zero-order valence-electron chi connectivity index (χ0n) is 16.5. The first-order chi connectivity index (χ1) is 14.1. The van der Waals surface area contributed by atoms with E-state index in [1.807, 2.05) is 48.2 Å². The molecular weight excluding hydrogens is 386 g/mol. The molecule has 0 unspecified atom stereocenters. The van der Waals surface area contributed by atoms with E-state index >= 15 is 0 Å². The standard InChI is InChI=1S/C21H23N5O2S/c1-15-6-7-18(28-2)16(13-15)23-21-24-17(14-29-21)20(27)26-11-9-25(10-12-26)19-5-3-4-8-22-19/h3-8,13-14H,9-12H2,1-2H3,(H,23,24). The van der Waals surface area contributed by atoms with Gasteiger partial charge in [-0.05, 0) is 36.8 Å². The smallest absolute Gasteiger partial charge is 0.273 e. The van der Waals surface area contributed by atoms with Gasteiger partial charge in [0.2, 0.25) is 0 Å². The van der Waals surface area contributed by atoms with Crippen LogP contribution in [0.25, 0.3) is 0 Å². The summed E-state index contributed by atoms with van der Waals surface area (Å²) in [7, 11) is 1.64. The lowest BCUT2D eigenvalue weighted by Crippen LogP contribution is -2.49. The number of anilines is 3. The predicted octanol–water partition coefficient (Wildman–Crippen LogP) is 3.56. The van der Waals surface area contributed by atoms with Gasteiger partial charge in [0, 0.05) is 37.8 Å². The number of piperazine rings is 1. The van der Waals surface area contributed by atoms with Crippen LogP contribution in [-0.2, 0) is 0 Å². The van der Waals surface area contributed by atoms with Crippen molar-refractivity contribution in [2.45, 2.75) is 6.92 Å². The molecule has 1 aliphatic rings. The van der Waals surface area contributed by atoms with E-state index in [9.17, 15) is 4.79 Å². The van der Waals surface area contributed by atoms with Crippen molar-refractivity contribution in [1.82, 2.24) is 14.9 Å². The van der Waals surface area contributed by atoms with Crippen molar-refractivity contribution < 1.29 is 9.53 Å². The SMILES string of the molecule is COc1ccc(C)cc1Nc1nc(C(=O)N2CCN(c3ccccn3)CC2)cs1. The lowest BCUT2D eigenvalue weighted by Gasteiger charge is -2.35. The minimum absolute atomic E-state index is 0.0359. The number of ether oxygens (including phenoxy) is 1. The molecule has 29 heavy (non-hydrogen) atoms. The second-order valence-electron chi connectivity index (χ2n) is 6.83. The van der Waals surface area contributed by atoms with Crippen molar-refractivity contribution in [1.29, 1.82) is 0 Å². The Morgan fingerprint density at radius 3 is 2.72 bits per heavy atom. The van der Waals surface area contributed by atoms with E-state index in [-0.39, 0.29) is 5.91 Å². The van der Waals surface area contributed by atoms with Crippen molar-refractivity contribution in [2.24, 2.45) is 0 Å². The Hall–Kier alpha value is -3.13. The predicted molar refractivity (Wildman–Crippen MR) is 115 cm³/mol. The highest BCUT2D eigenvalue weighted by Gasteiger charge is 2.24. The molecular formula is C21H23N5O2S. The van der Waals surface area contributed by atoms with Crippen molar-refractivity contribution in [3.8, 4) is 5.75 Å². The summed E-state index contributed by atoms with van der Waals surface area (Å²) in [6.45, 7) is 4.85. The van der Waals surface area contributed by atoms with Crippen LogP contribution >= 0.6 is 11.3 Å². The number of hydrogen-bond donors (Lipinski definition) is 1. The fourth-order valence-corrected chi connectivity index (χ4v) is 4.00. The molecule has 0 saturated carbocycles. The number of benzene rings is 1. The average Bonchev–Trinajstić information content (AvgIpc) is 3.23. The lowest BCUT2D eigenvalue weighted by molar-refractivity contribution is 0.0741. The van der Waals surface area contributed by atoms with Crippen LogP contribution < -0.4 is 15.0 Å². The minimum atomic E-state index is -0.0359. The molecule has 7 nitrogen and oxygen atoms in total. The number of methoxy groups -OCH3 is 1. The van der Waals surface area contributed by atoms with E-state index in [0.29, 0.717) is 23.9 Å². The van der Waals surface area contributed by atoms with Crippen molar-refractivity contribution >= 4 is 33.9 Å². The fourth-order valence-electron chi connectivity index (χ4n) is 3.31. The Morgan fingerprint density at radius 1 is 1.17 bits per heavy atom. The summed E-state index contributed by atoms with van der Waals surface area (Å²) in [5.74, 6) is 1.65. The molecule has 4 rings (SSSR count). The molecule has 0 aliphatic carbocycles. The van der Waals surface area contributed by atoms with Gasteiger partial charge in [-0.2, -0.15) is 0 Å². The largest absolute Gasteiger partial charge is 0.495 e. The molecule has 150 valence electrons. The quantitative estimate of drug-likeness (QED) is 0.695. The third kappa shape index (κ3) is 4.32. The number of thiazole rings is 1. The number of carbonyl (C=O) groups excluding carboxylic acids is 1. The molecule has 0 radical (unpaired) electrons. The molecule has 1 saturated heterocycles. The first kappa shape index (κ1) is 19.2. The summed E-state index contributed by atoms with van der Waals surface area (Å²) >= 11 is 1.41. The van der Waals surface area contributed by atoms with Crippen molar-refractivity contribution in [3.63, 3.8) is 0 Å². The number of hydrogen-bond acceptors (Lipinski definition) is 7. The number of aryl methyl sites for hydroxylation is 1. The molecule has 3 aromatic rings. The van der Waals surface area contributed by atoms with Gasteiger partial charge in [0.25, 0.3) is 5.91 Å². The Morgan fingerprint density at radius 2 is 2.00 bits per heavy atom. The van der Waals surface area contributed by atoms with Gasteiger partial charge in [-0.15, -0.1) is 11.3 Å². The first-order valence-electron chi connectivity index (χ1n) is 9.46. The van der Waals surface area contributed by atoms with Gasteiger partial charge in [0.05, 0.1) is 12.8 Å². The fraction of sp³-hybridized carbons (Fsp3) is 0.286. The number of pyridine rings is 1. The van der Waals surface area contributed by atoms with Crippen molar-refractivity contribution in [2.75, 3.05) is 43.5 Å². The number of amides is 1. The van der Waals surface area contributed by atoms with Crippen LogP contribution in [0.2, 0.25) is 0 Å². The van der Waals surface area contributed by atoms with Crippen LogP contribution in [-0.4, -0.2) is 54.1 Å². The van der Waals surface area contributed by atoms with Gasteiger partial charge >= 0.3 is 0 Å². The van der Waals surface area contributed by atoms with E-state index in [1.165, 1.54) is 11.3 Å². The molecule has 0 atom stereocenters. The van der Waals surface area contributed by atoms with Crippen LogP contribution in [0.4, 0.5) is 16.6 Å². The molecule has 1 aliphatic heterocycles. The monoisotopic (exact) mass is 409 g/mol. The zero-order valence-corrected chi connectivity index (χ0v) is 17.3. The summed E-state index contributed by atoms with van der Waals surface area (Å²) in [5.41, 5.74) is 2.42. The van der Waals surface area contributed by atoms with Crippen molar-refractivity contribution in [3.05, 3.63) is 59.2 Å². The molecule has 1 aromatic carbocycles. The zero-order chi connectivity index (χ0) is 20.2. The maximum Gasteiger partial charge on any atom is 0.273 e. The second-order valence-corrected chi connectivity index (χ2v) is 7.69. The highest BCUT2D eigenvalue weighted by Crippen LogP contribution is 2.30. The topological polar surface area (TPSA) is 70.6 Å². The van der Waals surface area contributed by atoms with E-state index < -0.39 is 0 Å².